The van der Waals surface area contributed by atoms with E-state index in [4.69, 9.17) is 0 Å². The SMILES string of the molecule is O=c1c(CC2CC2)c[nH]c2cc(Br)ccc12. The second-order valence-electron chi connectivity index (χ2n) is 4.48. The van der Waals surface area contributed by atoms with Crippen molar-refractivity contribution in [2.45, 2.75) is 19.3 Å². The highest BCUT2D eigenvalue weighted by Gasteiger charge is 2.22. The fourth-order valence-electron chi connectivity index (χ4n) is 2.02. The van der Waals surface area contributed by atoms with Crippen LogP contribution < -0.4 is 5.43 Å². The molecule has 82 valence electrons. The molecule has 1 aromatic heterocycles. The van der Waals surface area contributed by atoms with Crippen LogP contribution in [0.4, 0.5) is 0 Å². The van der Waals surface area contributed by atoms with E-state index in [-0.39, 0.29) is 5.43 Å². The predicted octanol–water partition coefficient (Wildman–Crippen LogP) is 3.24. The van der Waals surface area contributed by atoms with Gasteiger partial charge in [0.1, 0.15) is 0 Å². The summed E-state index contributed by atoms with van der Waals surface area (Å²) in [6.45, 7) is 0. The van der Waals surface area contributed by atoms with Gasteiger partial charge in [0.2, 0.25) is 0 Å². The molecule has 3 heteroatoms. The molecule has 0 unspecified atom stereocenters. The van der Waals surface area contributed by atoms with Gasteiger partial charge < -0.3 is 4.98 Å². The number of benzene rings is 1. The Balaban J connectivity index is 2.15. The molecule has 0 bridgehead atoms. The van der Waals surface area contributed by atoms with Crippen molar-refractivity contribution >= 4 is 26.8 Å². The second-order valence-corrected chi connectivity index (χ2v) is 5.40. The molecule has 0 aliphatic heterocycles. The Kier molecular flexibility index (Phi) is 2.36. The Morgan fingerprint density at radius 3 is 2.94 bits per heavy atom. The Bertz CT molecular complexity index is 598. The second kappa shape index (κ2) is 3.74. The summed E-state index contributed by atoms with van der Waals surface area (Å²) in [7, 11) is 0. The van der Waals surface area contributed by atoms with Crippen molar-refractivity contribution in [1.82, 2.24) is 4.98 Å². The van der Waals surface area contributed by atoms with Crippen LogP contribution in [0.1, 0.15) is 18.4 Å². The summed E-state index contributed by atoms with van der Waals surface area (Å²) in [5.41, 5.74) is 2.02. The van der Waals surface area contributed by atoms with Gasteiger partial charge in [0.15, 0.2) is 5.43 Å². The lowest BCUT2D eigenvalue weighted by Gasteiger charge is -2.02. The first kappa shape index (κ1) is 10.1. The van der Waals surface area contributed by atoms with E-state index in [9.17, 15) is 4.79 Å². The van der Waals surface area contributed by atoms with Crippen LogP contribution in [-0.4, -0.2) is 4.98 Å². The first-order valence-corrected chi connectivity index (χ1v) is 6.33. The number of nitrogens with one attached hydrogen (secondary N) is 1. The number of rotatable bonds is 2. The number of hydrogen-bond acceptors (Lipinski definition) is 1. The molecule has 1 aliphatic carbocycles. The van der Waals surface area contributed by atoms with Crippen molar-refractivity contribution in [2.75, 3.05) is 0 Å². The molecule has 1 saturated carbocycles. The predicted molar refractivity (Wildman–Crippen MR) is 68.7 cm³/mol. The molecular weight excluding hydrogens is 266 g/mol. The molecule has 1 N–H and O–H groups in total. The van der Waals surface area contributed by atoms with Crippen molar-refractivity contribution in [3.8, 4) is 0 Å². The van der Waals surface area contributed by atoms with E-state index in [0.29, 0.717) is 0 Å². The highest BCUT2D eigenvalue weighted by molar-refractivity contribution is 9.10. The molecule has 1 heterocycles. The number of fused-ring (bicyclic) bond motifs is 1. The molecule has 2 nitrogen and oxygen atoms in total. The summed E-state index contributed by atoms with van der Waals surface area (Å²) < 4.78 is 0.991. The summed E-state index contributed by atoms with van der Waals surface area (Å²) >= 11 is 3.40. The topological polar surface area (TPSA) is 32.9 Å². The van der Waals surface area contributed by atoms with Gasteiger partial charge in [-0.15, -0.1) is 0 Å². The largest absolute Gasteiger partial charge is 0.361 e. The quantitative estimate of drug-likeness (QED) is 0.898. The van der Waals surface area contributed by atoms with Crippen LogP contribution >= 0.6 is 15.9 Å². The van der Waals surface area contributed by atoms with Gasteiger partial charge in [0, 0.05) is 21.6 Å². The average Bonchev–Trinajstić information content (AvgIpc) is 3.06. The zero-order valence-electron chi connectivity index (χ0n) is 8.79. The highest BCUT2D eigenvalue weighted by Crippen LogP contribution is 2.31. The van der Waals surface area contributed by atoms with Gasteiger partial charge in [-0.3, -0.25) is 4.79 Å². The molecule has 0 atom stereocenters. The normalized spacial score (nSPS) is 15.6. The monoisotopic (exact) mass is 277 g/mol. The zero-order valence-corrected chi connectivity index (χ0v) is 10.4. The van der Waals surface area contributed by atoms with E-state index in [1.165, 1.54) is 12.8 Å². The Labute approximate surface area is 102 Å². The number of hydrogen-bond donors (Lipinski definition) is 1. The Morgan fingerprint density at radius 1 is 1.38 bits per heavy atom. The lowest BCUT2D eigenvalue weighted by molar-refractivity contribution is 0.824. The van der Waals surface area contributed by atoms with E-state index in [1.807, 2.05) is 24.4 Å². The summed E-state index contributed by atoms with van der Waals surface area (Å²) in [6.07, 6.45) is 5.35. The van der Waals surface area contributed by atoms with Gasteiger partial charge in [-0.05, 0) is 43.4 Å². The van der Waals surface area contributed by atoms with Gasteiger partial charge in [-0.2, -0.15) is 0 Å². The smallest absolute Gasteiger partial charge is 0.192 e. The number of H-pyrrole nitrogens is 1. The minimum absolute atomic E-state index is 0.188. The molecule has 1 fully saturated rings. The number of halogens is 1. The molecule has 0 spiro atoms. The highest BCUT2D eigenvalue weighted by atomic mass is 79.9. The van der Waals surface area contributed by atoms with Crippen LogP contribution in [0, 0.1) is 5.92 Å². The van der Waals surface area contributed by atoms with Crippen LogP contribution in [-0.2, 0) is 6.42 Å². The maximum atomic E-state index is 12.2. The van der Waals surface area contributed by atoms with Crippen molar-refractivity contribution in [1.29, 1.82) is 0 Å². The lowest BCUT2D eigenvalue weighted by Crippen LogP contribution is -2.10. The maximum absolute atomic E-state index is 12.2. The average molecular weight is 278 g/mol. The molecule has 1 aliphatic rings. The molecule has 16 heavy (non-hydrogen) atoms. The van der Waals surface area contributed by atoms with Gasteiger partial charge >= 0.3 is 0 Å². The third-order valence-corrected chi connectivity index (χ3v) is 3.62. The summed E-state index contributed by atoms with van der Waals surface area (Å²) in [6, 6.07) is 5.74. The minimum atomic E-state index is 0.188. The molecular formula is C13H12BrNO. The van der Waals surface area contributed by atoms with Crippen molar-refractivity contribution in [3.05, 3.63) is 44.7 Å². The maximum Gasteiger partial charge on any atom is 0.192 e. The van der Waals surface area contributed by atoms with E-state index in [0.717, 1.165) is 33.3 Å². The molecule has 0 radical (unpaired) electrons. The van der Waals surface area contributed by atoms with Crippen LogP contribution in [0.25, 0.3) is 10.9 Å². The van der Waals surface area contributed by atoms with Crippen molar-refractivity contribution < 1.29 is 0 Å². The van der Waals surface area contributed by atoms with E-state index >= 15 is 0 Å². The summed E-state index contributed by atoms with van der Waals surface area (Å²) in [5.74, 6) is 0.744. The molecule has 3 rings (SSSR count). The summed E-state index contributed by atoms with van der Waals surface area (Å²) in [5, 5.41) is 0.793. The molecule has 2 aromatic rings. The van der Waals surface area contributed by atoms with Gasteiger partial charge in [0.05, 0.1) is 5.52 Å². The first-order valence-electron chi connectivity index (χ1n) is 5.54. The van der Waals surface area contributed by atoms with Gasteiger partial charge in [0.25, 0.3) is 0 Å². The van der Waals surface area contributed by atoms with Gasteiger partial charge in [-0.25, -0.2) is 0 Å². The van der Waals surface area contributed by atoms with Crippen molar-refractivity contribution in [2.24, 2.45) is 5.92 Å². The number of aromatic amines is 1. The summed E-state index contributed by atoms with van der Waals surface area (Å²) in [4.78, 5) is 15.4. The standard InChI is InChI=1S/C13H12BrNO/c14-10-3-4-11-12(6-10)15-7-9(13(11)16)5-8-1-2-8/h3-4,6-8H,1-2,5H2,(H,15,16). The van der Waals surface area contributed by atoms with Crippen molar-refractivity contribution in [3.63, 3.8) is 0 Å². The van der Waals surface area contributed by atoms with E-state index in [2.05, 4.69) is 20.9 Å². The fraction of sp³-hybridized carbons (Fsp3) is 0.308. The van der Waals surface area contributed by atoms with E-state index < -0.39 is 0 Å². The van der Waals surface area contributed by atoms with E-state index in [1.54, 1.807) is 0 Å². The van der Waals surface area contributed by atoms with Crippen LogP contribution in [0.3, 0.4) is 0 Å². The minimum Gasteiger partial charge on any atom is -0.361 e. The number of aromatic nitrogens is 1. The van der Waals surface area contributed by atoms with Crippen LogP contribution in [0.2, 0.25) is 0 Å². The third-order valence-electron chi connectivity index (χ3n) is 3.13. The molecule has 1 aromatic carbocycles. The zero-order chi connectivity index (χ0) is 11.1. The third kappa shape index (κ3) is 1.80. The first-order chi connectivity index (χ1) is 7.74. The Hall–Kier alpha value is -1.09. The van der Waals surface area contributed by atoms with Crippen LogP contribution in [0.15, 0.2) is 33.7 Å². The van der Waals surface area contributed by atoms with Crippen LogP contribution in [0.5, 0.6) is 0 Å². The Morgan fingerprint density at radius 2 is 2.19 bits per heavy atom. The number of pyridine rings is 1. The fourth-order valence-corrected chi connectivity index (χ4v) is 2.38. The molecule has 0 amide bonds. The lowest BCUT2D eigenvalue weighted by atomic mass is 10.1. The van der Waals surface area contributed by atoms with Gasteiger partial charge in [-0.1, -0.05) is 15.9 Å². The molecule has 0 saturated heterocycles.